The Balaban J connectivity index is 1.80. The van der Waals surface area contributed by atoms with Gasteiger partial charge in [0.25, 0.3) is 5.91 Å². The van der Waals surface area contributed by atoms with E-state index < -0.39 is 36.4 Å². The van der Waals surface area contributed by atoms with E-state index >= 15 is 0 Å². The number of rotatable bonds is 5. The summed E-state index contributed by atoms with van der Waals surface area (Å²) in [4.78, 5) is 44.9. The normalized spacial score (nSPS) is 29.7. The van der Waals surface area contributed by atoms with Crippen molar-refractivity contribution in [3.63, 3.8) is 0 Å². The number of ketones is 1. The van der Waals surface area contributed by atoms with E-state index in [1.54, 1.807) is 6.08 Å². The minimum atomic E-state index is -4.98. The Morgan fingerprint density at radius 1 is 1.22 bits per heavy atom. The summed E-state index contributed by atoms with van der Waals surface area (Å²) >= 11 is 0. The van der Waals surface area contributed by atoms with Gasteiger partial charge in [-0.2, -0.15) is 0 Å². The predicted octanol–water partition coefficient (Wildman–Crippen LogP) is 2.64. The van der Waals surface area contributed by atoms with Gasteiger partial charge in [0.2, 0.25) is 0 Å². The summed E-state index contributed by atoms with van der Waals surface area (Å²) in [6, 6.07) is 1.29. The Bertz CT molecular complexity index is 1340. The molecule has 5 rings (SSSR count). The number of hydrogen-bond acceptors (Lipinski definition) is 7. The molecule has 1 aromatic carbocycles. The molecule has 0 saturated heterocycles. The molecule has 2 aliphatic carbocycles. The third kappa shape index (κ3) is 3.36. The first-order chi connectivity index (χ1) is 16.7. The van der Waals surface area contributed by atoms with Gasteiger partial charge in [0.05, 0.1) is 29.8 Å². The summed E-state index contributed by atoms with van der Waals surface area (Å²) in [5, 5.41) is 12.0. The van der Waals surface area contributed by atoms with Crippen LogP contribution in [0.1, 0.15) is 55.4 Å². The van der Waals surface area contributed by atoms with Crippen molar-refractivity contribution in [2.45, 2.75) is 45.9 Å². The molecule has 4 N–H and O–H groups in total. The van der Waals surface area contributed by atoms with Gasteiger partial charge in [-0.25, -0.2) is 4.57 Å². The van der Waals surface area contributed by atoms with Crippen LogP contribution in [-0.4, -0.2) is 45.4 Å². The predicted molar refractivity (Wildman–Crippen MR) is 127 cm³/mol. The molecule has 0 radical (unpaired) electrons. The first-order valence-electron chi connectivity index (χ1n) is 11.6. The third-order valence-corrected chi connectivity index (χ3v) is 8.32. The van der Waals surface area contributed by atoms with Gasteiger partial charge in [-0.3, -0.25) is 19.4 Å². The molecule has 192 valence electrons. The number of hydrogen-bond donors (Lipinski definition) is 4. The molecule has 4 aliphatic rings. The van der Waals surface area contributed by atoms with Crippen molar-refractivity contribution in [1.82, 2.24) is 5.32 Å². The Labute approximate surface area is 207 Å². The van der Waals surface area contributed by atoms with E-state index in [2.05, 4.69) is 5.32 Å². The highest BCUT2D eigenvalue weighted by molar-refractivity contribution is 7.46. The number of carbonyl (C=O) groups excluding carboxylic acids is 2. The summed E-state index contributed by atoms with van der Waals surface area (Å²) in [6.07, 6.45) is 6.36. The minimum Gasteiger partial charge on any atom is -0.477 e. The van der Waals surface area contributed by atoms with Crippen LogP contribution in [0.5, 0.6) is 11.5 Å². The van der Waals surface area contributed by atoms with E-state index in [9.17, 15) is 29.0 Å². The molecule has 0 fully saturated rings. The fraction of sp³-hybridized carbons (Fsp3) is 0.440. The van der Waals surface area contributed by atoms with Crippen LogP contribution in [0.15, 0.2) is 41.5 Å². The van der Waals surface area contributed by atoms with Crippen LogP contribution in [0.25, 0.3) is 0 Å². The summed E-state index contributed by atoms with van der Waals surface area (Å²) < 4.78 is 29.4. The highest BCUT2D eigenvalue weighted by atomic mass is 31.2. The van der Waals surface area contributed by atoms with Crippen LogP contribution in [0, 0.1) is 10.8 Å². The van der Waals surface area contributed by atoms with Crippen molar-refractivity contribution in [2.24, 2.45) is 10.8 Å². The number of aliphatic hydroxyl groups excluding tert-OH is 1. The van der Waals surface area contributed by atoms with Crippen LogP contribution in [0.2, 0.25) is 0 Å². The van der Waals surface area contributed by atoms with Crippen molar-refractivity contribution < 1.29 is 43.0 Å². The molecule has 2 aliphatic heterocycles. The lowest BCUT2D eigenvalue weighted by molar-refractivity contribution is -0.123. The lowest BCUT2D eigenvalue weighted by Crippen LogP contribution is -2.61. The maximum atomic E-state index is 12.9. The maximum Gasteiger partial charge on any atom is 0.524 e. The van der Waals surface area contributed by atoms with E-state index in [4.69, 9.17) is 14.0 Å². The van der Waals surface area contributed by atoms with Crippen molar-refractivity contribution in [3.8, 4) is 11.5 Å². The standard InChI is InChI=1S/C25H28NO9P/c1-13-5-6-17-23(2,3)18(28)7-8-25(17)24(13,4)12-15-16(35-36(30,31)32)11-14-19(20(15)34-25)22(26-21(14)29)33-10-9-27/h5-8,11,22,27H,9-10,12H2,1-4H3,(H,26,29)(H2,30,31,32). The fourth-order valence-corrected chi connectivity index (χ4v) is 6.19. The highest BCUT2D eigenvalue weighted by Gasteiger charge is 2.62. The SMILES string of the molecule is CC1=CC=C2C(C)(C)C(=O)C=CC23Oc2c(c(OP(=O)(O)O)cc4c2C(OCCO)NC4=O)CC13C. The van der Waals surface area contributed by atoms with Crippen molar-refractivity contribution in [1.29, 1.82) is 0 Å². The topological polar surface area (TPSA) is 152 Å². The van der Waals surface area contributed by atoms with E-state index in [0.717, 1.165) is 11.1 Å². The number of aliphatic hydroxyl groups is 1. The van der Waals surface area contributed by atoms with E-state index in [1.165, 1.54) is 12.1 Å². The molecule has 2 heterocycles. The second kappa shape index (κ2) is 7.87. The average molecular weight is 517 g/mol. The van der Waals surface area contributed by atoms with E-state index in [0.29, 0.717) is 11.1 Å². The van der Waals surface area contributed by atoms with Gasteiger partial charge in [0.15, 0.2) is 17.6 Å². The first kappa shape index (κ1) is 24.9. The van der Waals surface area contributed by atoms with Crippen LogP contribution in [-0.2, 0) is 20.5 Å². The third-order valence-electron chi connectivity index (χ3n) is 7.89. The monoisotopic (exact) mass is 517 g/mol. The van der Waals surface area contributed by atoms with E-state index in [-0.39, 0.29) is 42.5 Å². The van der Waals surface area contributed by atoms with Gasteiger partial charge in [-0.15, -0.1) is 0 Å². The summed E-state index contributed by atoms with van der Waals surface area (Å²) in [7, 11) is -4.98. The average Bonchev–Trinajstić information content (AvgIpc) is 3.09. The molecule has 0 saturated carbocycles. The molecule has 1 spiro atoms. The van der Waals surface area contributed by atoms with Crippen molar-refractivity contribution >= 4 is 19.5 Å². The zero-order valence-corrected chi connectivity index (χ0v) is 21.2. The van der Waals surface area contributed by atoms with Crippen molar-refractivity contribution in [3.05, 3.63) is 58.2 Å². The van der Waals surface area contributed by atoms with Crippen molar-refractivity contribution in [2.75, 3.05) is 13.2 Å². The zero-order valence-electron chi connectivity index (χ0n) is 20.3. The van der Waals surface area contributed by atoms with Crippen LogP contribution in [0.3, 0.4) is 0 Å². The molecule has 0 aromatic heterocycles. The lowest BCUT2D eigenvalue weighted by atomic mass is 9.52. The number of nitrogens with one attached hydrogen (secondary N) is 1. The quantitative estimate of drug-likeness (QED) is 0.432. The van der Waals surface area contributed by atoms with Gasteiger partial charge in [-0.05, 0) is 51.0 Å². The Morgan fingerprint density at radius 2 is 1.94 bits per heavy atom. The number of phosphoric ester groups is 1. The number of phosphoric acid groups is 1. The molecule has 1 aromatic rings. The first-order valence-corrected chi connectivity index (χ1v) is 13.1. The van der Waals surface area contributed by atoms with Gasteiger partial charge in [0, 0.05) is 11.0 Å². The maximum absolute atomic E-state index is 12.9. The van der Waals surface area contributed by atoms with E-state index in [1.807, 2.05) is 39.8 Å². The summed E-state index contributed by atoms with van der Waals surface area (Å²) in [5.74, 6) is -0.574. The van der Waals surface area contributed by atoms with Gasteiger partial charge in [-0.1, -0.05) is 24.6 Å². The smallest absolute Gasteiger partial charge is 0.477 e. The number of carbonyl (C=O) groups is 2. The molecule has 10 nitrogen and oxygen atoms in total. The van der Waals surface area contributed by atoms with Crippen LogP contribution < -0.4 is 14.6 Å². The number of allylic oxidation sites excluding steroid dienone is 3. The number of amides is 1. The minimum absolute atomic E-state index is 0.0583. The second-order valence-corrected chi connectivity index (χ2v) is 11.4. The molecule has 0 bridgehead atoms. The lowest BCUT2D eigenvalue weighted by Gasteiger charge is -2.57. The Morgan fingerprint density at radius 3 is 2.61 bits per heavy atom. The number of fused-ring (bicyclic) bond motifs is 3. The molecule has 1 amide bonds. The molecule has 11 heteroatoms. The van der Waals surface area contributed by atoms with Gasteiger partial charge in [0.1, 0.15) is 11.5 Å². The van der Waals surface area contributed by atoms with Crippen LogP contribution in [0.4, 0.5) is 0 Å². The Kier molecular flexibility index (Phi) is 5.45. The number of ether oxygens (including phenoxy) is 2. The summed E-state index contributed by atoms with van der Waals surface area (Å²) in [5.41, 5.74) is -0.254. The fourth-order valence-electron chi connectivity index (χ4n) is 5.77. The van der Waals surface area contributed by atoms with Crippen LogP contribution >= 0.6 is 7.82 Å². The molecular weight excluding hydrogens is 489 g/mol. The number of benzene rings is 1. The zero-order chi connectivity index (χ0) is 26.3. The highest BCUT2D eigenvalue weighted by Crippen LogP contribution is 2.63. The molecule has 3 atom stereocenters. The second-order valence-electron chi connectivity index (χ2n) is 10.3. The Hall–Kier alpha value is -2.75. The van der Waals surface area contributed by atoms with Gasteiger partial charge >= 0.3 is 7.82 Å². The molecular formula is C25H28NO9P. The molecule has 36 heavy (non-hydrogen) atoms. The summed E-state index contributed by atoms with van der Waals surface area (Å²) in [6.45, 7) is 7.24. The largest absolute Gasteiger partial charge is 0.524 e. The molecule has 3 unspecified atom stereocenters. The van der Waals surface area contributed by atoms with Gasteiger partial charge < -0.3 is 24.4 Å².